The van der Waals surface area contributed by atoms with E-state index >= 15 is 0 Å². The number of H-pyrrole nitrogens is 1. The summed E-state index contributed by atoms with van der Waals surface area (Å²) in [6, 6.07) is 6.69. The molecule has 0 bridgehead atoms. The molecule has 0 fully saturated rings. The number of halogens is 1. The minimum absolute atomic E-state index is 0.317. The first-order chi connectivity index (χ1) is 7.97. The van der Waals surface area contributed by atoms with Crippen LogP contribution in [0.4, 0.5) is 0 Å². The highest BCUT2D eigenvalue weighted by molar-refractivity contribution is 8.13. The summed E-state index contributed by atoms with van der Waals surface area (Å²) in [6.07, 6.45) is 3.01. The molecule has 1 N–H and O–H groups in total. The number of hydrogen-bond donors (Lipinski definition) is 1. The lowest BCUT2D eigenvalue weighted by atomic mass is 10.2. The number of hydrogen-bond acceptors (Lipinski definition) is 3. The van der Waals surface area contributed by atoms with E-state index in [1.54, 1.807) is 24.3 Å². The van der Waals surface area contributed by atoms with Gasteiger partial charge in [-0.3, -0.25) is 4.57 Å². The molecule has 0 saturated heterocycles. The van der Waals surface area contributed by atoms with Gasteiger partial charge in [-0.15, -0.1) is 0 Å². The maximum Gasteiger partial charge on any atom is 0.330 e. The minimum Gasteiger partial charge on any atom is -0.312 e. The molecule has 0 spiro atoms. The standard InChI is InChI=1S/C10H9ClN2O3S/c11-17(15,16)7-8-3-1-2-4-9(8)13-6-5-12-10(13)14/h1-6H,7H2,(H,12,14). The average molecular weight is 273 g/mol. The molecule has 2 aromatic rings. The van der Waals surface area contributed by atoms with Crippen LogP contribution in [0.5, 0.6) is 0 Å². The quantitative estimate of drug-likeness (QED) is 0.855. The van der Waals surface area contributed by atoms with Crippen molar-refractivity contribution >= 4 is 19.7 Å². The smallest absolute Gasteiger partial charge is 0.312 e. The molecule has 0 radical (unpaired) electrons. The maximum absolute atomic E-state index is 11.5. The van der Waals surface area contributed by atoms with Gasteiger partial charge in [0.2, 0.25) is 9.05 Å². The Morgan fingerprint density at radius 2 is 2.00 bits per heavy atom. The molecule has 2 rings (SSSR count). The third-order valence-corrected chi connectivity index (χ3v) is 3.21. The Bertz CT molecular complexity index is 687. The highest BCUT2D eigenvalue weighted by atomic mass is 35.7. The molecule has 1 aromatic heterocycles. The van der Waals surface area contributed by atoms with Crippen LogP contribution in [0.25, 0.3) is 5.69 Å². The Balaban J connectivity index is 2.56. The Morgan fingerprint density at radius 3 is 2.59 bits per heavy atom. The van der Waals surface area contributed by atoms with Gasteiger partial charge in [0.1, 0.15) is 0 Å². The summed E-state index contributed by atoms with van der Waals surface area (Å²) < 4.78 is 23.5. The average Bonchev–Trinajstić information content (AvgIpc) is 2.63. The van der Waals surface area contributed by atoms with Gasteiger partial charge in [-0.2, -0.15) is 0 Å². The summed E-state index contributed by atoms with van der Waals surface area (Å²) >= 11 is 0. The minimum atomic E-state index is -3.66. The lowest BCUT2D eigenvalue weighted by Gasteiger charge is -2.07. The van der Waals surface area contributed by atoms with E-state index in [1.165, 1.54) is 17.0 Å². The van der Waals surface area contributed by atoms with E-state index < -0.39 is 9.05 Å². The van der Waals surface area contributed by atoms with Crippen molar-refractivity contribution in [3.63, 3.8) is 0 Å². The number of aromatic amines is 1. The van der Waals surface area contributed by atoms with Gasteiger partial charge in [0, 0.05) is 23.1 Å². The second kappa shape index (κ2) is 4.38. The molecular weight excluding hydrogens is 264 g/mol. The number of imidazole rings is 1. The van der Waals surface area contributed by atoms with Crippen LogP contribution in [0.1, 0.15) is 5.56 Å². The Hall–Kier alpha value is -1.53. The van der Waals surface area contributed by atoms with Crippen molar-refractivity contribution in [1.82, 2.24) is 9.55 Å². The van der Waals surface area contributed by atoms with E-state index in [0.29, 0.717) is 11.3 Å². The first-order valence-corrected chi connectivity index (χ1v) is 7.22. The van der Waals surface area contributed by atoms with Crippen LogP contribution in [0.15, 0.2) is 41.5 Å². The molecule has 0 atom stereocenters. The van der Waals surface area contributed by atoms with E-state index in [-0.39, 0.29) is 11.4 Å². The molecule has 0 saturated carbocycles. The fourth-order valence-corrected chi connectivity index (χ4v) is 2.53. The zero-order chi connectivity index (χ0) is 12.5. The topological polar surface area (TPSA) is 71.9 Å². The predicted octanol–water partition coefficient (Wildman–Crippen LogP) is 1.23. The van der Waals surface area contributed by atoms with Crippen LogP contribution in [-0.2, 0) is 14.8 Å². The molecule has 0 aliphatic rings. The van der Waals surface area contributed by atoms with E-state index in [2.05, 4.69) is 4.98 Å². The van der Waals surface area contributed by atoms with E-state index in [4.69, 9.17) is 10.7 Å². The normalized spacial score (nSPS) is 11.6. The van der Waals surface area contributed by atoms with Crippen LogP contribution < -0.4 is 5.69 Å². The number of nitrogens with zero attached hydrogens (tertiary/aromatic N) is 1. The lowest BCUT2D eigenvalue weighted by molar-refractivity contribution is 0.608. The Morgan fingerprint density at radius 1 is 1.29 bits per heavy atom. The van der Waals surface area contributed by atoms with Gasteiger partial charge in [-0.05, 0) is 11.6 Å². The fourth-order valence-electron chi connectivity index (χ4n) is 1.56. The van der Waals surface area contributed by atoms with Crippen LogP contribution >= 0.6 is 10.7 Å². The number of benzene rings is 1. The molecule has 90 valence electrons. The molecule has 1 aromatic carbocycles. The summed E-state index contributed by atoms with van der Waals surface area (Å²) in [6.45, 7) is 0. The van der Waals surface area contributed by atoms with Crippen LogP contribution in [0, 0.1) is 0 Å². The molecular formula is C10H9ClN2O3S. The van der Waals surface area contributed by atoms with Gasteiger partial charge in [0.05, 0.1) is 11.4 Å². The summed E-state index contributed by atoms with van der Waals surface area (Å²) in [5.74, 6) is -0.317. The van der Waals surface area contributed by atoms with E-state index in [0.717, 1.165) is 0 Å². The third kappa shape index (κ3) is 2.78. The Labute approximate surface area is 102 Å². The molecule has 0 aliphatic carbocycles. The zero-order valence-electron chi connectivity index (χ0n) is 8.63. The largest absolute Gasteiger partial charge is 0.330 e. The molecule has 7 heteroatoms. The third-order valence-electron chi connectivity index (χ3n) is 2.23. The van der Waals surface area contributed by atoms with Crippen molar-refractivity contribution in [1.29, 1.82) is 0 Å². The van der Waals surface area contributed by atoms with Crippen molar-refractivity contribution in [3.8, 4) is 5.69 Å². The number of para-hydroxylation sites is 1. The van der Waals surface area contributed by atoms with Gasteiger partial charge in [0.15, 0.2) is 0 Å². The highest BCUT2D eigenvalue weighted by Gasteiger charge is 2.12. The molecule has 0 aliphatic heterocycles. The monoisotopic (exact) mass is 272 g/mol. The second-order valence-corrected chi connectivity index (χ2v) is 6.22. The highest BCUT2D eigenvalue weighted by Crippen LogP contribution is 2.17. The van der Waals surface area contributed by atoms with Crippen LogP contribution in [0.2, 0.25) is 0 Å². The molecule has 5 nitrogen and oxygen atoms in total. The van der Waals surface area contributed by atoms with Gasteiger partial charge >= 0.3 is 5.69 Å². The number of nitrogens with one attached hydrogen (secondary N) is 1. The van der Waals surface area contributed by atoms with Crippen molar-refractivity contribution in [3.05, 3.63) is 52.7 Å². The first-order valence-electron chi connectivity index (χ1n) is 4.74. The SMILES string of the molecule is O=c1[nH]ccn1-c1ccccc1CS(=O)(=O)Cl. The van der Waals surface area contributed by atoms with Gasteiger partial charge < -0.3 is 4.98 Å². The van der Waals surface area contributed by atoms with Crippen molar-refractivity contribution in [2.75, 3.05) is 0 Å². The summed E-state index contributed by atoms with van der Waals surface area (Å²) in [7, 11) is 1.56. The molecule has 0 unspecified atom stereocenters. The van der Waals surface area contributed by atoms with Crippen molar-refractivity contribution < 1.29 is 8.42 Å². The zero-order valence-corrected chi connectivity index (χ0v) is 10.2. The lowest BCUT2D eigenvalue weighted by Crippen LogP contribution is -2.16. The Kier molecular flexibility index (Phi) is 3.08. The van der Waals surface area contributed by atoms with Crippen molar-refractivity contribution in [2.24, 2.45) is 0 Å². The summed E-state index contributed by atoms with van der Waals surface area (Å²) in [5, 5.41) is 0. The fraction of sp³-hybridized carbons (Fsp3) is 0.100. The van der Waals surface area contributed by atoms with E-state index in [9.17, 15) is 13.2 Å². The summed E-state index contributed by atoms with van der Waals surface area (Å²) in [4.78, 5) is 13.9. The maximum atomic E-state index is 11.5. The molecule has 1 heterocycles. The molecule has 0 amide bonds. The number of aromatic nitrogens is 2. The first kappa shape index (κ1) is 11.9. The molecule has 17 heavy (non-hydrogen) atoms. The van der Waals surface area contributed by atoms with Crippen LogP contribution in [0.3, 0.4) is 0 Å². The van der Waals surface area contributed by atoms with Crippen LogP contribution in [-0.4, -0.2) is 18.0 Å². The number of rotatable bonds is 3. The van der Waals surface area contributed by atoms with Gasteiger partial charge in [-0.25, -0.2) is 13.2 Å². The summed E-state index contributed by atoms with van der Waals surface area (Å²) in [5.41, 5.74) is 0.650. The predicted molar refractivity (Wildman–Crippen MR) is 64.9 cm³/mol. The van der Waals surface area contributed by atoms with Crippen molar-refractivity contribution in [2.45, 2.75) is 5.75 Å². The van der Waals surface area contributed by atoms with Gasteiger partial charge in [-0.1, -0.05) is 18.2 Å². The second-order valence-electron chi connectivity index (χ2n) is 3.45. The van der Waals surface area contributed by atoms with E-state index in [1.807, 2.05) is 0 Å². The van der Waals surface area contributed by atoms with Gasteiger partial charge in [0.25, 0.3) is 0 Å².